The first kappa shape index (κ1) is 11.8. The van der Waals surface area contributed by atoms with Crippen LogP contribution in [0.15, 0.2) is 34.9 Å². The molecule has 0 saturated heterocycles. The number of hydrogen-bond donors (Lipinski definition) is 1. The van der Waals surface area contributed by atoms with E-state index in [-0.39, 0.29) is 0 Å². The molecule has 0 atom stereocenters. The van der Waals surface area contributed by atoms with Crippen molar-refractivity contribution >= 4 is 0 Å². The molecule has 1 aromatic carbocycles. The second-order valence-corrected chi connectivity index (χ2v) is 3.87. The number of furan rings is 1. The van der Waals surface area contributed by atoms with Crippen LogP contribution < -0.4 is 5.32 Å². The van der Waals surface area contributed by atoms with E-state index in [9.17, 15) is 8.78 Å². The van der Waals surface area contributed by atoms with Crippen LogP contribution in [0.4, 0.5) is 8.78 Å². The van der Waals surface area contributed by atoms with Gasteiger partial charge in [-0.25, -0.2) is 8.78 Å². The number of aryl methyl sites for hydroxylation is 1. The maximum absolute atomic E-state index is 13.3. The Morgan fingerprint density at radius 2 is 2.00 bits per heavy atom. The normalized spacial score (nSPS) is 10.8. The van der Waals surface area contributed by atoms with Crippen molar-refractivity contribution in [3.8, 4) is 0 Å². The van der Waals surface area contributed by atoms with Gasteiger partial charge in [0.05, 0.1) is 12.8 Å². The van der Waals surface area contributed by atoms with Crippen molar-refractivity contribution in [2.45, 2.75) is 20.0 Å². The number of rotatable bonds is 4. The summed E-state index contributed by atoms with van der Waals surface area (Å²) in [4.78, 5) is 0. The van der Waals surface area contributed by atoms with Crippen LogP contribution in [0, 0.1) is 18.6 Å². The van der Waals surface area contributed by atoms with Gasteiger partial charge in [0.25, 0.3) is 0 Å². The third-order valence-electron chi connectivity index (χ3n) is 2.58. The highest BCUT2D eigenvalue weighted by molar-refractivity contribution is 5.19. The van der Waals surface area contributed by atoms with E-state index in [0.717, 1.165) is 17.4 Å². The molecule has 2 aromatic rings. The zero-order chi connectivity index (χ0) is 12.3. The van der Waals surface area contributed by atoms with Crippen LogP contribution in [-0.4, -0.2) is 0 Å². The summed E-state index contributed by atoms with van der Waals surface area (Å²) in [6.07, 6.45) is 1.62. The van der Waals surface area contributed by atoms with Crippen LogP contribution in [0.3, 0.4) is 0 Å². The molecule has 0 aliphatic carbocycles. The highest BCUT2D eigenvalue weighted by atomic mass is 19.1. The lowest BCUT2D eigenvalue weighted by molar-refractivity contribution is 0.476. The Morgan fingerprint density at radius 3 is 2.65 bits per heavy atom. The largest absolute Gasteiger partial charge is 0.468 e. The molecule has 4 heteroatoms. The lowest BCUT2D eigenvalue weighted by Gasteiger charge is -2.05. The monoisotopic (exact) mass is 237 g/mol. The first-order valence-electron chi connectivity index (χ1n) is 5.34. The second kappa shape index (κ2) is 5.10. The van der Waals surface area contributed by atoms with Crippen molar-refractivity contribution in [3.63, 3.8) is 0 Å². The molecular formula is C13H13F2NO. The molecule has 2 rings (SSSR count). The molecule has 0 spiro atoms. The van der Waals surface area contributed by atoms with E-state index in [0.29, 0.717) is 18.7 Å². The number of nitrogens with one attached hydrogen (secondary N) is 1. The van der Waals surface area contributed by atoms with Crippen molar-refractivity contribution in [1.29, 1.82) is 0 Å². The molecule has 0 bridgehead atoms. The van der Waals surface area contributed by atoms with Gasteiger partial charge in [-0.2, -0.15) is 0 Å². The number of benzene rings is 1. The van der Waals surface area contributed by atoms with Crippen LogP contribution in [0.5, 0.6) is 0 Å². The summed E-state index contributed by atoms with van der Waals surface area (Å²) in [6.45, 7) is 2.81. The Labute approximate surface area is 98.3 Å². The minimum atomic E-state index is -0.562. The number of halogens is 2. The fraction of sp³-hybridized carbons (Fsp3) is 0.231. The molecule has 0 unspecified atom stereocenters. The fourth-order valence-corrected chi connectivity index (χ4v) is 1.56. The van der Waals surface area contributed by atoms with Gasteiger partial charge in [0.15, 0.2) is 0 Å². The molecule has 1 heterocycles. The Morgan fingerprint density at radius 1 is 1.18 bits per heavy atom. The summed E-state index contributed by atoms with van der Waals surface area (Å²) in [5.41, 5.74) is 1.49. The van der Waals surface area contributed by atoms with Gasteiger partial charge < -0.3 is 9.73 Å². The van der Waals surface area contributed by atoms with E-state index in [1.54, 1.807) is 6.26 Å². The molecule has 0 radical (unpaired) electrons. The molecule has 17 heavy (non-hydrogen) atoms. The van der Waals surface area contributed by atoms with Crippen molar-refractivity contribution in [2.24, 2.45) is 0 Å². The standard InChI is InChI=1S/C13H13F2NO/c1-9-4-5-17-13(9)8-16-7-10-2-3-11(14)6-12(10)15/h2-6,16H,7-8H2,1H3. The molecule has 2 nitrogen and oxygen atoms in total. The predicted octanol–water partition coefficient (Wildman–Crippen LogP) is 3.16. The average Bonchev–Trinajstić information content (AvgIpc) is 2.68. The van der Waals surface area contributed by atoms with E-state index in [4.69, 9.17) is 4.42 Å². The summed E-state index contributed by atoms with van der Waals surface area (Å²) in [5, 5.41) is 3.05. The Kier molecular flexibility index (Phi) is 3.54. The molecule has 1 aromatic heterocycles. The lowest BCUT2D eigenvalue weighted by atomic mass is 10.2. The quantitative estimate of drug-likeness (QED) is 0.883. The van der Waals surface area contributed by atoms with Gasteiger partial charge >= 0.3 is 0 Å². The summed E-state index contributed by atoms with van der Waals surface area (Å²) in [7, 11) is 0. The van der Waals surface area contributed by atoms with Gasteiger partial charge in [0, 0.05) is 18.2 Å². The molecular weight excluding hydrogens is 224 g/mol. The number of hydrogen-bond acceptors (Lipinski definition) is 2. The van der Waals surface area contributed by atoms with E-state index in [1.807, 2.05) is 13.0 Å². The average molecular weight is 237 g/mol. The van der Waals surface area contributed by atoms with Crippen molar-refractivity contribution in [2.75, 3.05) is 0 Å². The van der Waals surface area contributed by atoms with Crippen molar-refractivity contribution < 1.29 is 13.2 Å². The van der Waals surface area contributed by atoms with Crippen LogP contribution >= 0.6 is 0 Å². The van der Waals surface area contributed by atoms with E-state index < -0.39 is 11.6 Å². The lowest BCUT2D eigenvalue weighted by Crippen LogP contribution is -2.13. The zero-order valence-corrected chi connectivity index (χ0v) is 9.47. The minimum absolute atomic E-state index is 0.340. The van der Waals surface area contributed by atoms with Gasteiger partial charge in [0.1, 0.15) is 17.4 Å². The van der Waals surface area contributed by atoms with Crippen molar-refractivity contribution in [1.82, 2.24) is 5.32 Å². The molecule has 0 fully saturated rings. The molecule has 0 amide bonds. The molecule has 0 aliphatic heterocycles. The first-order valence-corrected chi connectivity index (χ1v) is 5.34. The molecule has 90 valence electrons. The van der Waals surface area contributed by atoms with E-state index >= 15 is 0 Å². The van der Waals surface area contributed by atoms with Crippen molar-refractivity contribution in [3.05, 3.63) is 59.1 Å². The first-order chi connectivity index (χ1) is 8.16. The Hall–Kier alpha value is -1.68. The van der Waals surface area contributed by atoms with Gasteiger partial charge in [-0.15, -0.1) is 0 Å². The molecule has 1 N–H and O–H groups in total. The highest BCUT2D eigenvalue weighted by Gasteiger charge is 2.05. The van der Waals surface area contributed by atoms with Gasteiger partial charge in [0.2, 0.25) is 0 Å². The van der Waals surface area contributed by atoms with Gasteiger partial charge in [-0.3, -0.25) is 0 Å². The summed E-state index contributed by atoms with van der Waals surface area (Å²) >= 11 is 0. The third kappa shape index (κ3) is 2.91. The minimum Gasteiger partial charge on any atom is -0.468 e. The summed E-state index contributed by atoms with van der Waals surface area (Å²) in [6, 6.07) is 5.44. The smallest absolute Gasteiger partial charge is 0.130 e. The Balaban J connectivity index is 1.92. The van der Waals surface area contributed by atoms with Gasteiger partial charge in [-0.1, -0.05) is 6.07 Å². The molecule has 0 aliphatic rings. The van der Waals surface area contributed by atoms with Gasteiger partial charge in [-0.05, 0) is 24.6 Å². The van der Waals surface area contributed by atoms with E-state index in [2.05, 4.69) is 5.32 Å². The molecule has 0 saturated carbocycles. The summed E-state index contributed by atoms with van der Waals surface area (Å²) < 4.78 is 31.2. The Bertz CT molecular complexity index is 508. The maximum atomic E-state index is 13.3. The second-order valence-electron chi connectivity index (χ2n) is 3.87. The fourth-order valence-electron chi connectivity index (χ4n) is 1.56. The van der Waals surface area contributed by atoms with Crippen LogP contribution in [0.2, 0.25) is 0 Å². The topological polar surface area (TPSA) is 25.2 Å². The summed E-state index contributed by atoms with van der Waals surface area (Å²) in [5.74, 6) is -0.269. The zero-order valence-electron chi connectivity index (χ0n) is 9.47. The SMILES string of the molecule is Cc1ccoc1CNCc1ccc(F)cc1F. The van der Waals surface area contributed by atoms with Crippen LogP contribution in [-0.2, 0) is 13.1 Å². The maximum Gasteiger partial charge on any atom is 0.130 e. The van der Waals surface area contributed by atoms with Crippen LogP contribution in [0.1, 0.15) is 16.9 Å². The predicted molar refractivity (Wildman–Crippen MR) is 60.3 cm³/mol. The highest BCUT2D eigenvalue weighted by Crippen LogP contribution is 2.11. The van der Waals surface area contributed by atoms with E-state index in [1.165, 1.54) is 12.1 Å². The third-order valence-corrected chi connectivity index (χ3v) is 2.58. The van der Waals surface area contributed by atoms with Crippen LogP contribution in [0.25, 0.3) is 0 Å².